The molecule has 0 bridgehead atoms. The molecule has 0 spiro atoms. The van der Waals surface area contributed by atoms with Crippen LogP contribution in [-0.2, 0) is 13.6 Å². The summed E-state index contributed by atoms with van der Waals surface area (Å²) in [5.74, 6) is 0.869. The Labute approximate surface area is 108 Å². The normalized spacial score (nSPS) is 10.4. The van der Waals surface area contributed by atoms with Crippen LogP contribution < -0.4 is 5.32 Å². The van der Waals surface area contributed by atoms with Crippen molar-refractivity contribution in [2.24, 2.45) is 7.05 Å². The number of aryl methyl sites for hydroxylation is 1. The fourth-order valence-electron chi connectivity index (χ4n) is 1.35. The number of nitrogens with one attached hydrogen (secondary N) is 1. The fraction of sp³-hybridized carbons (Fsp3) is 0.182. The van der Waals surface area contributed by atoms with Crippen molar-refractivity contribution >= 4 is 33.3 Å². The van der Waals surface area contributed by atoms with E-state index < -0.39 is 0 Å². The highest BCUT2D eigenvalue weighted by molar-refractivity contribution is 9.10. The van der Waals surface area contributed by atoms with E-state index in [1.165, 1.54) is 0 Å². The van der Waals surface area contributed by atoms with Crippen molar-refractivity contribution in [3.63, 3.8) is 0 Å². The highest BCUT2D eigenvalue weighted by Crippen LogP contribution is 2.23. The first kappa shape index (κ1) is 11.5. The van der Waals surface area contributed by atoms with Gasteiger partial charge < -0.3 is 5.32 Å². The van der Waals surface area contributed by atoms with Gasteiger partial charge in [0.1, 0.15) is 5.82 Å². The first-order chi connectivity index (χ1) is 7.65. The van der Waals surface area contributed by atoms with Crippen molar-refractivity contribution in [1.29, 1.82) is 0 Å². The summed E-state index contributed by atoms with van der Waals surface area (Å²) in [6.07, 6.45) is 1.90. The number of hydrogen-bond donors (Lipinski definition) is 1. The van der Waals surface area contributed by atoms with Gasteiger partial charge in [-0.05, 0) is 33.6 Å². The SMILES string of the molecule is Cn1ccc(NCc2ccc(Cl)c(Br)c2)n1. The lowest BCUT2D eigenvalue weighted by molar-refractivity contribution is 0.768. The van der Waals surface area contributed by atoms with E-state index >= 15 is 0 Å². The van der Waals surface area contributed by atoms with Crippen LogP contribution in [0.5, 0.6) is 0 Å². The van der Waals surface area contributed by atoms with E-state index in [-0.39, 0.29) is 0 Å². The van der Waals surface area contributed by atoms with Crippen LogP contribution in [0.3, 0.4) is 0 Å². The second-order valence-corrected chi connectivity index (χ2v) is 4.74. The van der Waals surface area contributed by atoms with E-state index in [9.17, 15) is 0 Å². The molecule has 0 atom stereocenters. The lowest BCUT2D eigenvalue weighted by Gasteiger charge is -2.04. The van der Waals surface area contributed by atoms with Gasteiger partial charge in [-0.15, -0.1) is 0 Å². The molecule has 0 aliphatic rings. The Kier molecular flexibility index (Phi) is 3.51. The summed E-state index contributed by atoms with van der Waals surface area (Å²) in [7, 11) is 1.89. The smallest absolute Gasteiger partial charge is 0.148 e. The van der Waals surface area contributed by atoms with Crippen LogP contribution in [0.25, 0.3) is 0 Å². The van der Waals surface area contributed by atoms with Gasteiger partial charge in [-0.3, -0.25) is 4.68 Å². The number of anilines is 1. The van der Waals surface area contributed by atoms with E-state index in [1.807, 2.05) is 37.5 Å². The van der Waals surface area contributed by atoms with Crippen molar-refractivity contribution in [2.45, 2.75) is 6.54 Å². The van der Waals surface area contributed by atoms with E-state index in [0.29, 0.717) is 0 Å². The van der Waals surface area contributed by atoms with Crippen molar-refractivity contribution in [2.75, 3.05) is 5.32 Å². The van der Waals surface area contributed by atoms with Gasteiger partial charge in [0.05, 0.1) is 5.02 Å². The zero-order valence-corrected chi connectivity index (χ0v) is 11.1. The molecule has 0 radical (unpaired) electrons. The molecule has 0 unspecified atom stereocenters. The minimum Gasteiger partial charge on any atom is -0.365 e. The molecule has 0 saturated heterocycles. The van der Waals surface area contributed by atoms with Gasteiger partial charge in [-0.1, -0.05) is 17.7 Å². The summed E-state index contributed by atoms with van der Waals surface area (Å²) in [6, 6.07) is 7.80. The molecular formula is C11H11BrClN3. The Morgan fingerprint density at radius 2 is 2.25 bits per heavy atom. The summed E-state index contributed by atoms with van der Waals surface area (Å²) in [5, 5.41) is 8.19. The quantitative estimate of drug-likeness (QED) is 0.941. The molecule has 2 aromatic rings. The monoisotopic (exact) mass is 299 g/mol. The van der Waals surface area contributed by atoms with E-state index in [4.69, 9.17) is 11.6 Å². The molecule has 0 amide bonds. The minimum absolute atomic E-state index is 0.724. The number of aromatic nitrogens is 2. The summed E-state index contributed by atoms with van der Waals surface area (Å²) in [5.41, 5.74) is 1.15. The molecule has 0 aliphatic carbocycles. The Bertz CT molecular complexity index is 496. The second kappa shape index (κ2) is 4.89. The number of nitrogens with zero attached hydrogens (tertiary/aromatic N) is 2. The van der Waals surface area contributed by atoms with Crippen molar-refractivity contribution < 1.29 is 0 Å². The van der Waals surface area contributed by atoms with Crippen LogP contribution in [0, 0.1) is 0 Å². The summed E-state index contributed by atoms with van der Waals surface area (Å²) in [4.78, 5) is 0. The van der Waals surface area contributed by atoms with Gasteiger partial charge in [-0.2, -0.15) is 5.10 Å². The molecule has 84 valence electrons. The summed E-state index contributed by atoms with van der Waals surface area (Å²) >= 11 is 9.32. The van der Waals surface area contributed by atoms with Gasteiger partial charge >= 0.3 is 0 Å². The molecule has 1 aromatic carbocycles. The van der Waals surface area contributed by atoms with Crippen LogP contribution in [0.1, 0.15) is 5.56 Å². The maximum atomic E-state index is 5.92. The van der Waals surface area contributed by atoms with Crippen LogP contribution in [0.4, 0.5) is 5.82 Å². The first-order valence-corrected chi connectivity index (χ1v) is 6.00. The van der Waals surface area contributed by atoms with Crippen LogP contribution in [0.2, 0.25) is 5.02 Å². The maximum Gasteiger partial charge on any atom is 0.148 e. The highest BCUT2D eigenvalue weighted by atomic mass is 79.9. The number of halogens is 2. The van der Waals surface area contributed by atoms with E-state index in [1.54, 1.807) is 4.68 Å². The van der Waals surface area contributed by atoms with Crippen LogP contribution >= 0.6 is 27.5 Å². The van der Waals surface area contributed by atoms with Crippen molar-refractivity contribution in [3.8, 4) is 0 Å². The van der Waals surface area contributed by atoms with Crippen LogP contribution in [-0.4, -0.2) is 9.78 Å². The topological polar surface area (TPSA) is 29.9 Å². The molecule has 1 aromatic heterocycles. The van der Waals surface area contributed by atoms with Gasteiger partial charge in [0.25, 0.3) is 0 Å². The molecule has 2 rings (SSSR count). The predicted molar refractivity (Wildman–Crippen MR) is 69.7 cm³/mol. The standard InChI is InChI=1S/C11H11BrClN3/c1-16-5-4-11(15-16)14-7-8-2-3-10(13)9(12)6-8/h2-6H,7H2,1H3,(H,14,15). The average Bonchev–Trinajstić information content (AvgIpc) is 2.66. The Balaban J connectivity index is 2.02. The average molecular weight is 301 g/mol. The van der Waals surface area contributed by atoms with Gasteiger partial charge in [0.2, 0.25) is 0 Å². The molecule has 1 heterocycles. The van der Waals surface area contributed by atoms with Crippen LogP contribution in [0.15, 0.2) is 34.9 Å². The zero-order chi connectivity index (χ0) is 11.5. The molecule has 0 aliphatic heterocycles. The molecule has 0 fully saturated rings. The molecule has 3 nitrogen and oxygen atoms in total. The maximum absolute atomic E-state index is 5.92. The highest BCUT2D eigenvalue weighted by Gasteiger charge is 2.00. The van der Waals surface area contributed by atoms with E-state index in [2.05, 4.69) is 26.3 Å². The Hall–Kier alpha value is -1.00. The number of rotatable bonds is 3. The predicted octanol–water partition coefficient (Wildman–Crippen LogP) is 3.45. The molecule has 1 N–H and O–H groups in total. The molecule has 5 heteroatoms. The third kappa shape index (κ3) is 2.77. The largest absolute Gasteiger partial charge is 0.365 e. The number of hydrogen-bond acceptors (Lipinski definition) is 2. The molecule has 0 saturated carbocycles. The van der Waals surface area contributed by atoms with Crippen molar-refractivity contribution in [3.05, 3.63) is 45.5 Å². The summed E-state index contributed by atoms with van der Waals surface area (Å²) < 4.78 is 2.68. The Morgan fingerprint density at radius 1 is 1.44 bits per heavy atom. The number of benzene rings is 1. The molecular weight excluding hydrogens is 289 g/mol. The van der Waals surface area contributed by atoms with E-state index in [0.717, 1.165) is 27.4 Å². The van der Waals surface area contributed by atoms with Gasteiger partial charge in [-0.25, -0.2) is 0 Å². The third-order valence-electron chi connectivity index (χ3n) is 2.17. The second-order valence-electron chi connectivity index (χ2n) is 3.48. The van der Waals surface area contributed by atoms with Gasteiger partial charge in [0, 0.05) is 30.3 Å². The zero-order valence-electron chi connectivity index (χ0n) is 8.74. The first-order valence-electron chi connectivity index (χ1n) is 4.82. The lowest BCUT2D eigenvalue weighted by Crippen LogP contribution is -2.00. The summed E-state index contributed by atoms with van der Waals surface area (Å²) in [6.45, 7) is 0.729. The van der Waals surface area contributed by atoms with Gasteiger partial charge in [0.15, 0.2) is 0 Å². The third-order valence-corrected chi connectivity index (χ3v) is 3.39. The lowest BCUT2D eigenvalue weighted by atomic mass is 10.2. The Morgan fingerprint density at radius 3 is 2.88 bits per heavy atom. The minimum atomic E-state index is 0.724. The molecule has 16 heavy (non-hydrogen) atoms. The fourth-order valence-corrected chi connectivity index (χ4v) is 1.90. The van der Waals surface area contributed by atoms with Crippen molar-refractivity contribution in [1.82, 2.24) is 9.78 Å².